The van der Waals surface area contributed by atoms with Gasteiger partial charge in [0, 0.05) is 22.9 Å². The predicted octanol–water partition coefficient (Wildman–Crippen LogP) is 4.36. The van der Waals surface area contributed by atoms with E-state index in [1.807, 2.05) is 0 Å². The SMILES string of the molecule is Cc1ccc2c(c1)-c1[nH]c3ccc(C)cc3c1C2. The van der Waals surface area contributed by atoms with Gasteiger partial charge < -0.3 is 4.98 Å². The Morgan fingerprint density at radius 1 is 0.944 bits per heavy atom. The number of hydrogen-bond donors (Lipinski definition) is 1. The summed E-state index contributed by atoms with van der Waals surface area (Å²) >= 11 is 0. The summed E-state index contributed by atoms with van der Waals surface area (Å²) < 4.78 is 0. The fourth-order valence-electron chi connectivity index (χ4n) is 3.04. The van der Waals surface area contributed by atoms with E-state index < -0.39 is 0 Å². The van der Waals surface area contributed by atoms with Crippen LogP contribution < -0.4 is 0 Å². The second-order valence-electron chi connectivity index (χ2n) is 5.36. The van der Waals surface area contributed by atoms with E-state index in [2.05, 4.69) is 55.2 Å². The topological polar surface area (TPSA) is 15.8 Å². The number of nitrogens with one attached hydrogen (secondary N) is 1. The lowest BCUT2D eigenvalue weighted by molar-refractivity contribution is 1.28. The van der Waals surface area contributed by atoms with Crippen molar-refractivity contribution in [3.63, 3.8) is 0 Å². The average molecular weight is 233 g/mol. The van der Waals surface area contributed by atoms with Gasteiger partial charge in [0.15, 0.2) is 0 Å². The van der Waals surface area contributed by atoms with Crippen molar-refractivity contribution in [2.24, 2.45) is 0 Å². The van der Waals surface area contributed by atoms with Gasteiger partial charge in [-0.3, -0.25) is 0 Å². The van der Waals surface area contributed by atoms with Crippen LogP contribution in [0.3, 0.4) is 0 Å². The summed E-state index contributed by atoms with van der Waals surface area (Å²) in [5.74, 6) is 0. The Hall–Kier alpha value is -2.02. The maximum absolute atomic E-state index is 3.59. The van der Waals surface area contributed by atoms with Gasteiger partial charge in [0.25, 0.3) is 0 Å². The first-order valence-electron chi connectivity index (χ1n) is 6.43. The highest BCUT2D eigenvalue weighted by Crippen LogP contribution is 2.40. The quantitative estimate of drug-likeness (QED) is 0.464. The van der Waals surface area contributed by atoms with E-state index in [1.165, 1.54) is 44.4 Å². The van der Waals surface area contributed by atoms with Crippen molar-refractivity contribution in [3.05, 3.63) is 58.7 Å². The molecule has 1 aliphatic rings. The Balaban J connectivity index is 2.06. The van der Waals surface area contributed by atoms with Crippen molar-refractivity contribution in [3.8, 4) is 11.3 Å². The molecule has 0 saturated carbocycles. The molecule has 3 aromatic rings. The van der Waals surface area contributed by atoms with Crippen molar-refractivity contribution in [1.82, 2.24) is 4.98 Å². The zero-order chi connectivity index (χ0) is 12.3. The van der Waals surface area contributed by atoms with E-state index in [9.17, 15) is 0 Å². The smallest absolute Gasteiger partial charge is 0.0503 e. The number of benzene rings is 2. The first-order chi connectivity index (χ1) is 8.72. The summed E-state index contributed by atoms with van der Waals surface area (Å²) in [5.41, 5.74) is 9.55. The highest BCUT2D eigenvalue weighted by Gasteiger charge is 2.22. The number of aromatic nitrogens is 1. The van der Waals surface area contributed by atoms with Crippen LogP contribution in [0, 0.1) is 13.8 Å². The zero-order valence-electron chi connectivity index (χ0n) is 10.7. The van der Waals surface area contributed by atoms with E-state index in [4.69, 9.17) is 0 Å². The van der Waals surface area contributed by atoms with Crippen molar-refractivity contribution >= 4 is 10.9 Å². The third-order valence-electron chi connectivity index (χ3n) is 3.96. The third-order valence-corrected chi connectivity index (χ3v) is 3.96. The number of rotatable bonds is 0. The lowest BCUT2D eigenvalue weighted by atomic mass is 10.1. The Morgan fingerprint density at radius 3 is 2.61 bits per heavy atom. The van der Waals surface area contributed by atoms with Crippen molar-refractivity contribution in [2.75, 3.05) is 0 Å². The fraction of sp³-hybridized carbons (Fsp3) is 0.176. The molecule has 4 rings (SSSR count). The van der Waals surface area contributed by atoms with E-state index in [1.54, 1.807) is 0 Å². The average Bonchev–Trinajstić information content (AvgIpc) is 2.86. The molecule has 0 amide bonds. The van der Waals surface area contributed by atoms with Crippen molar-refractivity contribution in [1.29, 1.82) is 0 Å². The monoisotopic (exact) mass is 233 g/mol. The predicted molar refractivity (Wildman–Crippen MR) is 76.0 cm³/mol. The van der Waals surface area contributed by atoms with Gasteiger partial charge in [-0.05, 0) is 43.2 Å². The molecule has 2 aromatic carbocycles. The molecule has 0 bridgehead atoms. The van der Waals surface area contributed by atoms with Crippen LogP contribution in [-0.2, 0) is 6.42 Å². The molecule has 88 valence electrons. The molecule has 0 saturated heterocycles. The van der Waals surface area contributed by atoms with E-state index in [0.717, 1.165) is 6.42 Å². The highest BCUT2D eigenvalue weighted by molar-refractivity contribution is 5.94. The van der Waals surface area contributed by atoms with Crippen LogP contribution in [0.1, 0.15) is 22.3 Å². The van der Waals surface area contributed by atoms with Crippen LogP contribution in [0.25, 0.3) is 22.2 Å². The van der Waals surface area contributed by atoms with Gasteiger partial charge in [-0.1, -0.05) is 29.3 Å². The van der Waals surface area contributed by atoms with E-state index in [0.29, 0.717) is 0 Å². The molecule has 0 atom stereocenters. The van der Waals surface area contributed by atoms with E-state index in [-0.39, 0.29) is 0 Å². The first-order valence-corrected chi connectivity index (χ1v) is 6.43. The number of aryl methyl sites for hydroxylation is 2. The second kappa shape index (κ2) is 3.26. The summed E-state index contributed by atoms with van der Waals surface area (Å²) in [7, 11) is 0. The Morgan fingerprint density at radius 2 is 1.72 bits per heavy atom. The van der Waals surface area contributed by atoms with Gasteiger partial charge in [0.2, 0.25) is 0 Å². The van der Waals surface area contributed by atoms with Gasteiger partial charge >= 0.3 is 0 Å². The van der Waals surface area contributed by atoms with Crippen molar-refractivity contribution in [2.45, 2.75) is 20.3 Å². The standard InChI is InChI=1S/C17H15N/c1-10-3-5-12-9-15-14-8-11(2)4-6-16(14)18-17(15)13(12)7-10/h3-8,18H,9H2,1-2H3. The molecule has 1 aromatic heterocycles. The van der Waals surface area contributed by atoms with Gasteiger partial charge in [-0.25, -0.2) is 0 Å². The summed E-state index contributed by atoms with van der Waals surface area (Å²) in [4.78, 5) is 3.59. The van der Waals surface area contributed by atoms with E-state index >= 15 is 0 Å². The van der Waals surface area contributed by atoms with Crippen LogP contribution in [0.2, 0.25) is 0 Å². The Kier molecular flexibility index (Phi) is 1.80. The van der Waals surface area contributed by atoms with Gasteiger partial charge in [0.05, 0.1) is 5.69 Å². The lowest BCUT2D eigenvalue weighted by Gasteiger charge is -2.01. The summed E-state index contributed by atoms with van der Waals surface area (Å²) in [5, 5.41) is 1.39. The highest BCUT2D eigenvalue weighted by atomic mass is 14.7. The number of H-pyrrole nitrogens is 1. The van der Waals surface area contributed by atoms with Crippen LogP contribution >= 0.6 is 0 Å². The van der Waals surface area contributed by atoms with Gasteiger partial charge in [-0.2, -0.15) is 0 Å². The lowest BCUT2D eigenvalue weighted by Crippen LogP contribution is -1.83. The molecule has 1 N–H and O–H groups in total. The first kappa shape index (κ1) is 9.95. The van der Waals surface area contributed by atoms with Gasteiger partial charge in [0.1, 0.15) is 0 Å². The molecular weight excluding hydrogens is 218 g/mol. The van der Waals surface area contributed by atoms with Crippen LogP contribution in [0.5, 0.6) is 0 Å². The molecule has 18 heavy (non-hydrogen) atoms. The largest absolute Gasteiger partial charge is 0.354 e. The molecule has 0 fully saturated rings. The number of fused-ring (bicyclic) bond motifs is 5. The van der Waals surface area contributed by atoms with Crippen LogP contribution in [0.4, 0.5) is 0 Å². The molecule has 1 heteroatoms. The number of aromatic amines is 1. The van der Waals surface area contributed by atoms with Crippen LogP contribution in [0.15, 0.2) is 36.4 Å². The minimum Gasteiger partial charge on any atom is -0.354 e. The minimum atomic E-state index is 1.06. The maximum Gasteiger partial charge on any atom is 0.0503 e. The van der Waals surface area contributed by atoms with Gasteiger partial charge in [-0.15, -0.1) is 0 Å². The zero-order valence-corrected chi connectivity index (χ0v) is 10.7. The van der Waals surface area contributed by atoms with Crippen LogP contribution in [-0.4, -0.2) is 4.98 Å². The molecule has 0 aliphatic heterocycles. The normalized spacial score (nSPS) is 12.8. The summed E-state index contributed by atoms with van der Waals surface area (Å²) in [6.45, 7) is 4.32. The molecule has 1 aliphatic carbocycles. The Labute approximate surface area is 106 Å². The minimum absolute atomic E-state index is 1.06. The molecule has 1 heterocycles. The maximum atomic E-state index is 3.59. The molecule has 0 unspecified atom stereocenters. The summed E-state index contributed by atoms with van der Waals surface area (Å²) in [6.07, 6.45) is 1.06. The number of hydrogen-bond acceptors (Lipinski definition) is 0. The second-order valence-corrected chi connectivity index (χ2v) is 5.36. The summed E-state index contributed by atoms with van der Waals surface area (Å²) in [6, 6.07) is 13.4. The fourth-order valence-corrected chi connectivity index (χ4v) is 3.04. The van der Waals surface area contributed by atoms with Crippen molar-refractivity contribution < 1.29 is 0 Å². The molecular formula is C17H15N. The Bertz CT molecular complexity index is 778. The molecule has 0 spiro atoms. The molecule has 0 radical (unpaired) electrons. The third kappa shape index (κ3) is 1.22. The molecule has 1 nitrogen and oxygen atoms in total.